The number of hydrogen-bond acceptors (Lipinski definition) is 3. The van der Waals surface area contributed by atoms with E-state index in [4.69, 9.17) is 4.74 Å². The van der Waals surface area contributed by atoms with Gasteiger partial charge in [-0.1, -0.05) is 23.8 Å². The van der Waals surface area contributed by atoms with Crippen molar-refractivity contribution < 1.29 is 9.53 Å². The molecule has 0 atom stereocenters. The highest BCUT2D eigenvalue weighted by atomic mass is 127. The van der Waals surface area contributed by atoms with E-state index in [0.29, 0.717) is 11.6 Å². The first kappa shape index (κ1) is 15.0. The van der Waals surface area contributed by atoms with Gasteiger partial charge in [-0.25, -0.2) is 9.79 Å². The highest BCUT2D eigenvalue weighted by molar-refractivity contribution is 14.1. The summed E-state index contributed by atoms with van der Waals surface area (Å²) in [5.41, 5.74) is 4.37. The van der Waals surface area contributed by atoms with Crippen molar-refractivity contribution in [2.24, 2.45) is 4.99 Å². The number of halogens is 1. The molecule has 2 aromatic carbocycles. The van der Waals surface area contributed by atoms with Crippen LogP contribution in [-0.2, 0) is 9.53 Å². The molecule has 0 radical (unpaired) electrons. The molecular weight excluding hydrogens is 389 g/mol. The number of benzene rings is 2. The quantitative estimate of drug-likeness (QED) is 0.427. The summed E-state index contributed by atoms with van der Waals surface area (Å²) in [6.07, 6.45) is 1.78. The molecule has 1 aliphatic rings. The van der Waals surface area contributed by atoms with E-state index in [2.05, 4.69) is 27.6 Å². The topological polar surface area (TPSA) is 38.7 Å². The van der Waals surface area contributed by atoms with Crippen molar-refractivity contribution in [2.75, 3.05) is 0 Å². The summed E-state index contributed by atoms with van der Waals surface area (Å²) in [6, 6.07) is 13.8. The first-order valence-electron chi connectivity index (χ1n) is 6.89. The predicted molar refractivity (Wildman–Crippen MR) is 95.7 cm³/mol. The van der Waals surface area contributed by atoms with Crippen LogP contribution in [0.25, 0.3) is 6.08 Å². The zero-order valence-corrected chi connectivity index (χ0v) is 14.4. The SMILES string of the molecule is Cc1ccc(C)c(/C=C2/N=C(c3ccc(I)cc3)OC2=O)c1. The number of hydrogen-bond donors (Lipinski definition) is 0. The second-order valence-electron chi connectivity index (χ2n) is 5.20. The molecule has 0 unspecified atom stereocenters. The fourth-order valence-electron chi connectivity index (χ4n) is 2.19. The largest absolute Gasteiger partial charge is 0.402 e. The Kier molecular flexibility index (Phi) is 4.11. The first-order chi connectivity index (χ1) is 10.5. The van der Waals surface area contributed by atoms with E-state index in [1.807, 2.05) is 56.3 Å². The van der Waals surface area contributed by atoms with Crippen molar-refractivity contribution in [3.8, 4) is 0 Å². The van der Waals surface area contributed by atoms with Gasteiger partial charge in [0, 0.05) is 9.13 Å². The van der Waals surface area contributed by atoms with Crippen LogP contribution >= 0.6 is 22.6 Å². The van der Waals surface area contributed by atoms with Gasteiger partial charge in [0.1, 0.15) is 0 Å². The highest BCUT2D eigenvalue weighted by Gasteiger charge is 2.24. The number of esters is 1. The molecule has 0 spiro atoms. The van der Waals surface area contributed by atoms with Crippen LogP contribution in [0.4, 0.5) is 0 Å². The molecule has 2 aromatic rings. The molecular formula is C18H14INO2. The lowest BCUT2D eigenvalue weighted by molar-refractivity contribution is -0.129. The molecule has 0 saturated heterocycles. The van der Waals surface area contributed by atoms with E-state index in [1.165, 1.54) is 0 Å². The summed E-state index contributed by atoms with van der Waals surface area (Å²) in [6.45, 7) is 4.03. The molecule has 0 saturated carbocycles. The highest BCUT2D eigenvalue weighted by Crippen LogP contribution is 2.21. The molecule has 0 aromatic heterocycles. The fourth-order valence-corrected chi connectivity index (χ4v) is 2.55. The third-order valence-electron chi connectivity index (χ3n) is 3.44. The summed E-state index contributed by atoms with van der Waals surface area (Å²) < 4.78 is 6.41. The van der Waals surface area contributed by atoms with Gasteiger partial charge in [-0.3, -0.25) is 0 Å². The van der Waals surface area contributed by atoms with Crippen molar-refractivity contribution in [3.05, 3.63) is 74.0 Å². The number of carbonyl (C=O) groups excluding carboxylic acids is 1. The van der Waals surface area contributed by atoms with Crippen molar-refractivity contribution in [1.29, 1.82) is 0 Å². The van der Waals surface area contributed by atoms with Gasteiger partial charge in [-0.2, -0.15) is 0 Å². The number of nitrogens with zero attached hydrogens (tertiary/aromatic N) is 1. The van der Waals surface area contributed by atoms with Gasteiger partial charge in [-0.15, -0.1) is 0 Å². The first-order valence-corrected chi connectivity index (χ1v) is 7.96. The molecule has 1 aliphatic heterocycles. The molecule has 1 heterocycles. The number of aliphatic imine (C=N–C) groups is 1. The third-order valence-corrected chi connectivity index (χ3v) is 4.16. The van der Waals surface area contributed by atoms with Gasteiger partial charge >= 0.3 is 5.97 Å². The summed E-state index contributed by atoms with van der Waals surface area (Å²) in [4.78, 5) is 16.4. The molecule has 0 N–H and O–H groups in total. The maximum absolute atomic E-state index is 12.0. The summed E-state index contributed by atoms with van der Waals surface area (Å²) >= 11 is 2.23. The molecule has 110 valence electrons. The molecule has 3 nitrogen and oxygen atoms in total. The van der Waals surface area contributed by atoms with Gasteiger partial charge in [0.25, 0.3) is 0 Å². The Morgan fingerprint density at radius 2 is 1.82 bits per heavy atom. The smallest absolute Gasteiger partial charge is 0.363 e. The number of rotatable bonds is 2. The molecule has 0 fully saturated rings. The summed E-state index contributed by atoms with van der Waals surface area (Å²) in [7, 11) is 0. The van der Waals surface area contributed by atoms with Crippen molar-refractivity contribution in [1.82, 2.24) is 0 Å². The third kappa shape index (κ3) is 3.11. The second kappa shape index (κ2) is 6.04. The standard InChI is InChI=1S/C18H14INO2/c1-11-3-4-12(2)14(9-11)10-16-18(21)22-17(20-16)13-5-7-15(19)8-6-13/h3-10H,1-2H3/b16-10+. The molecule has 4 heteroatoms. The monoisotopic (exact) mass is 403 g/mol. The van der Waals surface area contributed by atoms with Gasteiger partial charge in [-0.05, 0) is 77.9 Å². The number of cyclic esters (lactones) is 1. The molecule has 0 amide bonds. The van der Waals surface area contributed by atoms with Gasteiger partial charge in [0.05, 0.1) is 0 Å². The van der Waals surface area contributed by atoms with Crippen LogP contribution < -0.4 is 0 Å². The summed E-state index contributed by atoms with van der Waals surface area (Å²) in [5, 5.41) is 0. The van der Waals surface area contributed by atoms with E-state index in [9.17, 15) is 4.79 Å². The lowest BCUT2D eigenvalue weighted by Crippen LogP contribution is -2.05. The van der Waals surface area contributed by atoms with Gasteiger partial charge < -0.3 is 4.74 Å². The van der Waals surface area contributed by atoms with Crippen LogP contribution in [0, 0.1) is 17.4 Å². The minimum absolute atomic E-state index is 0.335. The minimum atomic E-state index is -0.408. The zero-order valence-electron chi connectivity index (χ0n) is 12.3. The Morgan fingerprint density at radius 1 is 1.09 bits per heavy atom. The Labute approximate surface area is 142 Å². The number of aryl methyl sites for hydroxylation is 2. The van der Waals surface area contributed by atoms with E-state index < -0.39 is 5.97 Å². The summed E-state index contributed by atoms with van der Waals surface area (Å²) in [5.74, 6) is -0.0487. The van der Waals surface area contributed by atoms with Crippen LogP contribution in [0.1, 0.15) is 22.3 Å². The van der Waals surface area contributed by atoms with Crippen LogP contribution in [0.15, 0.2) is 53.2 Å². The van der Waals surface area contributed by atoms with Crippen LogP contribution in [0.2, 0.25) is 0 Å². The van der Waals surface area contributed by atoms with E-state index >= 15 is 0 Å². The maximum atomic E-state index is 12.0. The van der Waals surface area contributed by atoms with Gasteiger partial charge in [0.2, 0.25) is 5.90 Å². The lowest BCUT2D eigenvalue weighted by Gasteiger charge is -2.01. The normalized spacial score (nSPS) is 15.9. The zero-order chi connectivity index (χ0) is 15.7. The molecule has 0 aliphatic carbocycles. The van der Waals surface area contributed by atoms with E-state index in [0.717, 1.165) is 25.8 Å². The van der Waals surface area contributed by atoms with Crippen molar-refractivity contribution in [3.63, 3.8) is 0 Å². The lowest BCUT2D eigenvalue weighted by atomic mass is 10.0. The van der Waals surface area contributed by atoms with Crippen LogP contribution in [-0.4, -0.2) is 11.9 Å². The van der Waals surface area contributed by atoms with E-state index in [1.54, 1.807) is 6.08 Å². The number of carbonyl (C=O) groups is 1. The average Bonchev–Trinajstić information content (AvgIpc) is 2.85. The fraction of sp³-hybridized carbons (Fsp3) is 0.111. The Bertz CT molecular complexity index is 804. The molecule has 0 bridgehead atoms. The minimum Gasteiger partial charge on any atom is -0.402 e. The van der Waals surface area contributed by atoms with Crippen LogP contribution in [0.5, 0.6) is 0 Å². The Hall–Kier alpha value is -1.95. The Balaban J connectivity index is 1.97. The molecule has 3 rings (SSSR count). The second-order valence-corrected chi connectivity index (χ2v) is 6.45. The molecule has 22 heavy (non-hydrogen) atoms. The predicted octanol–water partition coefficient (Wildman–Crippen LogP) is 4.25. The Morgan fingerprint density at radius 3 is 2.55 bits per heavy atom. The van der Waals surface area contributed by atoms with Gasteiger partial charge in [0.15, 0.2) is 5.70 Å². The van der Waals surface area contributed by atoms with E-state index in [-0.39, 0.29) is 0 Å². The van der Waals surface area contributed by atoms with Crippen molar-refractivity contribution in [2.45, 2.75) is 13.8 Å². The van der Waals surface area contributed by atoms with Crippen molar-refractivity contribution >= 4 is 40.5 Å². The van der Waals surface area contributed by atoms with Crippen LogP contribution in [0.3, 0.4) is 0 Å². The maximum Gasteiger partial charge on any atom is 0.363 e. The number of ether oxygens (including phenoxy) is 1. The average molecular weight is 403 g/mol.